The van der Waals surface area contributed by atoms with E-state index in [0.717, 1.165) is 43.4 Å². The van der Waals surface area contributed by atoms with E-state index >= 15 is 0 Å². The minimum absolute atomic E-state index is 0.0162. The summed E-state index contributed by atoms with van der Waals surface area (Å²) < 4.78 is 34.0. The number of methoxy groups -OCH3 is 1. The van der Waals surface area contributed by atoms with Crippen molar-refractivity contribution in [2.24, 2.45) is 16.7 Å². The molecule has 3 fully saturated rings. The first-order chi connectivity index (χ1) is 13.7. The summed E-state index contributed by atoms with van der Waals surface area (Å²) in [5, 5.41) is 0. The van der Waals surface area contributed by atoms with Gasteiger partial charge in [-0.25, -0.2) is 12.7 Å². The summed E-state index contributed by atoms with van der Waals surface area (Å²) >= 11 is 0. The normalized spacial score (nSPS) is 32.3. The highest BCUT2D eigenvalue weighted by Crippen LogP contribution is 2.64. The second-order valence-corrected chi connectivity index (χ2v) is 11.7. The van der Waals surface area contributed by atoms with Gasteiger partial charge in [0.1, 0.15) is 11.5 Å². The Hall–Kier alpha value is -1.40. The van der Waals surface area contributed by atoms with Crippen LogP contribution in [0, 0.1) is 16.7 Å². The number of carbonyl (C=O) groups excluding carboxylic acids is 1. The zero-order chi connectivity index (χ0) is 20.9. The molecule has 160 valence electrons. The van der Waals surface area contributed by atoms with Gasteiger partial charge in [-0.3, -0.25) is 4.79 Å². The number of fused-ring (bicyclic) bond motifs is 2. The van der Waals surface area contributed by atoms with Crippen molar-refractivity contribution in [1.29, 1.82) is 0 Å². The van der Waals surface area contributed by atoms with Crippen LogP contribution in [-0.2, 0) is 14.8 Å². The predicted molar refractivity (Wildman–Crippen MR) is 114 cm³/mol. The van der Waals surface area contributed by atoms with E-state index in [1.165, 1.54) is 0 Å². The molecular weight excluding hydrogens is 386 g/mol. The molecule has 1 heterocycles. The fourth-order valence-electron chi connectivity index (χ4n) is 6.02. The number of ether oxygens (including phenoxy) is 1. The Morgan fingerprint density at radius 2 is 1.86 bits per heavy atom. The Kier molecular flexibility index (Phi) is 5.31. The molecule has 0 aromatic heterocycles. The molecule has 3 unspecified atom stereocenters. The third-order valence-electron chi connectivity index (χ3n) is 8.18. The van der Waals surface area contributed by atoms with Crippen molar-refractivity contribution < 1.29 is 17.9 Å². The van der Waals surface area contributed by atoms with Crippen LogP contribution in [0.15, 0.2) is 24.3 Å². The molecule has 2 aliphatic carbocycles. The van der Waals surface area contributed by atoms with Gasteiger partial charge in [0.05, 0.1) is 12.9 Å². The molecular formula is C23H33NO4S. The largest absolute Gasteiger partial charge is 0.497 e. The number of nitrogens with zero attached hydrogens (tertiary/aromatic N) is 1. The smallest absolute Gasteiger partial charge is 0.215 e. The number of hydrogen-bond acceptors (Lipinski definition) is 4. The summed E-state index contributed by atoms with van der Waals surface area (Å²) in [4.78, 5) is 12.9. The summed E-state index contributed by atoms with van der Waals surface area (Å²) in [5.41, 5.74) is 0.237. The number of carbonyl (C=O) groups is 1. The monoisotopic (exact) mass is 419 g/mol. The number of hydrogen-bond donors (Lipinski definition) is 0. The SMILES string of the molecule is COc1ccc(C2CCCCN(S(=O)(=O)CC34CCC(CC3=O)C4(C)C)C2)cc1. The molecule has 1 aromatic carbocycles. The fraction of sp³-hybridized carbons (Fsp3) is 0.696. The lowest BCUT2D eigenvalue weighted by Gasteiger charge is -2.38. The van der Waals surface area contributed by atoms with Crippen molar-refractivity contribution in [1.82, 2.24) is 4.31 Å². The maximum atomic E-state index is 13.5. The summed E-state index contributed by atoms with van der Waals surface area (Å²) in [7, 11) is -1.86. The first-order valence-electron chi connectivity index (χ1n) is 10.8. The number of rotatable bonds is 5. The van der Waals surface area contributed by atoms with E-state index in [-0.39, 0.29) is 22.9 Å². The highest BCUT2D eigenvalue weighted by Gasteiger charge is 2.65. The van der Waals surface area contributed by atoms with Crippen LogP contribution in [0.1, 0.15) is 63.9 Å². The van der Waals surface area contributed by atoms with Gasteiger partial charge in [0, 0.05) is 24.9 Å². The van der Waals surface area contributed by atoms with Crippen LogP contribution in [0.4, 0.5) is 0 Å². The van der Waals surface area contributed by atoms with Crippen molar-refractivity contribution in [2.45, 2.75) is 58.3 Å². The maximum Gasteiger partial charge on any atom is 0.215 e. The molecule has 2 saturated carbocycles. The summed E-state index contributed by atoms with van der Waals surface area (Å²) in [5.74, 6) is 1.48. The average Bonchev–Trinajstić information content (AvgIpc) is 2.94. The van der Waals surface area contributed by atoms with Gasteiger partial charge in [-0.15, -0.1) is 0 Å². The van der Waals surface area contributed by atoms with E-state index in [0.29, 0.717) is 25.4 Å². The minimum Gasteiger partial charge on any atom is -0.497 e. The van der Waals surface area contributed by atoms with Gasteiger partial charge in [0.2, 0.25) is 10.0 Å². The van der Waals surface area contributed by atoms with Crippen molar-refractivity contribution >= 4 is 15.8 Å². The van der Waals surface area contributed by atoms with E-state index in [1.807, 2.05) is 24.3 Å². The molecule has 1 aliphatic heterocycles. The summed E-state index contributed by atoms with van der Waals surface area (Å²) in [6.45, 7) is 5.27. The summed E-state index contributed by atoms with van der Waals surface area (Å²) in [6, 6.07) is 7.97. The van der Waals surface area contributed by atoms with E-state index in [9.17, 15) is 13.2 Å². The van der Waals surface area contributed by atoms with Crippen LogP contribution in [-0.4, -0.2) is 44.5 Å². The standard InChI is InChI=1S/C23H33NO4S/c1-22(2)19-11-12-23(22,21(25)14-19)16-29(26,27)24-13-5-4-6-18(15-24)17-7-9-20(28-3)10-8-17/h7-10,18-19H,4-6,11-16H2,1-3H3. The van der Waals surface area contributed by atoms with Crippen LogP contribution >= 0.6 is 0 Å². The second-order valence-electron chi connectivity index (χ2n) is 9.75. The van der Waals surface area contributed by atoms with Gasteiger partial charge in [-0.1, -0.05) is 32.4 Å². The molecule has 0 radical (unpaired) electrons. The Bertz CT molecular complexity index is 877. The first-order valence-corrected chi connectivity index (χ1v) is 12.5. The first kappa shape index (κ1) is 20.9. The third-order valence-corrected chi connectivity index (χ3v) is 10.2. The van der Waals surface area contributed by atoms with Crippen molar-refractivity contribution in [3.63, 3.8) is 0 Å². The molecule has 0 N–H and O–H groups in total. The fourth-order valence-corrected chi connectivity index (χ4v) is 8.32. The lowest BCUT2D eigenvalue weighted by molar-refractivity contribution is -0.128. The minimum atomic E-state index is -3.50. The lowest BCUT2D eigenvalue weighted by atomic mass is 9.70. The number of ketones is 1. The van der Waals surface area contributed by atoms with Gasteiger partial charge in [-0.05, 0) is 60.6 Å². The molecule has 4 rings (SSSR count). The number of benzene rings is 1. The molecule has 5 nitrogen and oxygen atoms in total. The van der Waals surface area contributed by atoms with Gasteiger partial charge in [0.25, 0.3) is 0 Å². The number of Topliss-reactive ketones (excluding diaryl/α,β-unsaturated/α-hetero) is 1. The zero-order valence-electron chi connectivity index (χ0n) is 17.8. The zero-order valence-corrected chi connectivity index (χ0v) is 18.6. The topological polar surface area (TPSA) is 63.7 Å². The van der Waals surface area contributed by atoms with Crippen LogP contribution < -0.4 is 4.74 Å². The summed E-state index contributed by atoms with van der Waals surface area (Å²) in [6.07, 6.45) is 5.12. The van der Waals surface area contributed by atoms with E-state index in [1.54, 1.807) is 11.4 Å². The molecule has 6 heteroatoms. The van der Waals surface area contributed by atoms with Gasteiger partial charge in [0.15, 0.2) is 0 Å². The molecule has 2 bridgehead atoms. The van der Waals surface area contributed by atoms with Gasteiger partial charge >= 0.3 is 0 Å². The second kappa shape index (κ2) is 7.38. The van der Waals surface area contributed by atoms with Crippen LogP contribution in [0.5, 0.6) is 5.75 Å². The van der Waals surface area contributed by atoms with Crippen LogP contribution in [0.25, 0.3) is 0 Å². The average molecular weight is 420 g/mol. The van der Waals surface area contributed by atoms with Gasteiger partial charge < -0.3 is 4.74 Å². The Morgan fingerprint density at radius 3 is 2.45 bits per heavy atom. The number of sulfonamides is 1. The predicted octanol–water partition coefficient (Wildman–Crippen LogP) is 3.99. The third kappa shape index (κ3) is 3.42. The van der Waals surface area contributed by atoms with Crippen LogP contribution in [0.3, 0.4) is 0 Å². The van der Waals surface area contributed by atoms with E-state index in [4.69, 9.17) is 4.74 Å². The quantitative estimate of drug-likeness (QED) is 0.724. The van der Waals surface area contributed by atoms with Crippen LogP contribution in [0.2, 0.25) is 0 Å². The Morgan fingerprint density at radius 1 is 1.14 bits per heavy atom. The molecule has 29 heavy (non-hydrogen) atoms. The molecule has 0 spiro atoms. The Balaban J connectivity index is 1.56. The molecule has 1 aromatic rings. The van der Waals surface area contributed by atoms with E-state index < -0.39 is 15.4 Å². The van der Waals surface area contributed by atoms with Gasteiger partial charge in [-0.2, -0.15) is 0 Å². The molecule has 3 aliphatic rings. The maximum absolute atomic E-state index is 13.5. The highest BCUT2D eigenvalue weighted by molar-refractivity contribution is 7.89. The van der Waals surface area contributed by atoms with Crippen molar-refractivity contribution in [3.8, 4) is 5.75 Å². The van der Waals surface area contributed by atoms with Crippen molar-refractivity contribution in [2.75, 3.05) is 26.0 Å². The lowest BCUT2D eigenvalue weighted by Crippen LogP contribution is -2.47. The Labute approximate surface area is 174 Å². The highest BCUT2D eigenvalue weighted by atomic mass is 32.2. The molecule has 3 atom stereocenters. The van der Waals surface area contributed by atoms with Crippen molar-refractivity contribution in [3.05, 3.63) is 29.8 Å². The van der Waals surface area contributed by atoms with E-state index in [2.05, 4.69) is 13.8 Å². The molecule has 0 amide bonds. The molecule has 1 saturated heterocycles.